The van der Waals surface area contributed by atoms with Crippen LogP contribution in [0, 0.1) is 5.92 Å². The van der Waals surface area contributed by atoms with E-state index in [1.54, 1.807) is 0 Å². The number of benzene rings is 1. The Balaban J connectivity index is 1.89. The number of phenols is 1. The van der Waals surface area contributed by atoms with Gasteiger partial charge < -0.3 is 9.84 Å². The molecule has 0 radical (unpaired) electrons. The van der Waals surface area contributed by atoms with Crippen molar-refractivity contribution in [1.29, 1.82) is 0 Å². The molecule has 0 spiro atoms. The third-order valence-corrected chi connectivity index (χ3v) is 7.60. The van der Waals surface area contributed by atoms with Crippen molar-refractivity contribution in [2.45, 2.75) is 95.6 Å². The van der Waals surface area contributed by atoms with Crippen LogP contribution in [-0.4, -0.2) is 16.7 Å². The van der Waals surface area contributed by atoms with E-state index in [0.717, 1.165) is 55.4 Å². The van der Waals surface area contributed by atoms with Crippen LogP contribution in [0.1, 0.15) is 89.7 Å². The molecule has 3 atom stereocenters. The van der Waals surface area contributed by atoms with E-state index < -0.39 is 0 Å². The number of azide groups is 1. The standard InChI is InChI=1S/C24H34IN3O2/c1-23(2,11-7-5-6-8-12-25)16-13-20(29)22-18-15-17(27-28-26)9-10-19(18)24(3,4)30-21(22)14-16/h8,12-14,17-19,29H,5-7,9-11,15H2,1-4H3/b12-8+/t17-,18-,19-/m1/s1. The van der Waals surface area contributed by atoms with E-state index >= 15 is 0 Å². The molecule has 164 valence electrons. The largest absolute Gasteiger partial charge is 0.508 e. The van der Waals surface area contributed by atoms with Gasteiger partial charge in [0.2, 0.25) is 0 Å². The number of ether oxygens (including phenoxy) is 1. The van der Waals surface area contributed by atoms with E-state index in [2.05, 4.69) is 76.5 Å². The van der Waals surface area contributed by atoms with E-state index in [9.17, 15) is 5.11 Å². The maximum absolute atomic E-state index is 11.1. The highest BCUT2D eigenvalue weighted by Gasteiger charge is 2.47. The molecule has 1 N–H and O–H groups in total. The summed E-state index contributed by atoms with van der Waals surface area (Å²) in [5.74, 6) is 1.60. The average Bonchev–Trinajstić information content (AvgIpc) is 2.67. The van der Waals surface area contributed by atoms with Crippen LogP contribution < -0.4 is 4.74 Å². The minimum atomic E-state index is -0.306. The van der Waals surface area contributed by atoms with Gasteiger partial charge in [-0.05, 0) is 91.0 Å². The summed E-state index contributed by atoms with van der Waals surface area (Å²) in [7, 11) is 0. The lowest BCUT2D eigenvalue weighted by molar-refractivity contribution is -0.00995. The van der Waals surface area contributed by atoms with Gasteiger partial charge in [0.1, 0.15) is 17.1 Å². The van der Waals surface area contributed by atoms with E-state index in [-0.39, 0.29) is 23.0 Å². The van der Waals surface area contributed by atoms with Crippen LogP contribution in [0.5, 0.6) is 11.5 Å². The fourth-order valence-electron chi connectivity index (χ4n) is 5.33. The minimum absolute atomic E-state index is 0.00916. The Morgan fingerprint density at radius 2 is 2.10 bits per heavy atom. The molecule has 0 saturated heterocycles. The number of hydrogen-bond acceptors (Lipinski definition) is 3. The van der Waals surface area contributed by atoms with Crippen molar-refractivity contribution in [3.8, 4) is 11.5 Å². The molecule has 0 aromatic heterocycles. The Morgan fingerprint density at radius 3 is 2.80 bits per heavy atom. The quantitative estimate of drug-likeness (QED) is 0.130. The van der Waals surface area contributed by atoms with Gasteiger partial charge in [-0.2, -0.15) is 0 Å². The topological polar surface area (TPSA) is 78.2 Å². The molecule has 0 bridgehead atoms. The van der Waals surface area contributed by atoms with Crippen molar-refractivity contribution < 1.29 is 9.84 Å². The maximum Gasteiger partial charge on any atom is 0.127 e. The highest BCUT2D eigenvalue weighted by Crippen LogP contribution is 2.55. The van der Waals surface area contributed by atoms with Crippen molar-refractivity contribution in [1.82, 2.24) is 0 Å². The Morgan fingerprint density at radius 1 is 1.33 bits per heavy atom. The fourth-order valence-corrected chi connectivity index (χ4v) is 5.69. The van der Waals surface area contributed by atoms with Crippen LogP contribution in [0.3, 0.4) is 0 Å². The second-order valence-corrected chi connectivity index (χ2v) is 10.7. The molecule has 0 amide bonds. The Bertz CT molecular complexity index is 843. The number of aromatic hydroxyl groups is 1. The molecule has 1 aromatic carbocycles. The van der Waals surface area contributed by atoms with Gasteiger partial charge in [0.15, 0.2) is 0 Å². The summed E-state index contributed by atoms with van der Waals surface area (Å²) in [6, 6.07) is 4.08. The van der Waals surface area contributed by atoms with E-state index in [1.807, 2.05) is 6.07 Å². The van der Waals surface area contributed by atoms with E-state index in [1.165, 1.54) is 6.42 Å². The van der Waals surface area contributed by atoms with Crippen LogP contribution in [0.15, 0.2) is 27.4 Å². The monoisotopic (exact) mass is 523 g/mol. The van der Waals surface area contributed by atoms with Gasteiger partial charge in [-0.25, -0.2) is 0 Å². The molecule has 30 heavy (non-hydrogen) atoms. The highest BCUT2D eigenvalue weighted by molar-refractivity contribution is 14.1. The van der Waals surface area contributed by atoms with Crippen molar-refractivity contribution in [2.24, 2.45) is 11.0 Å². The SMILES string of the molecule is CC(C)(CCCC/C=C/I)c1cc(O)c2c(c1)OC(C)(C)[C@@H]1CC[C@@H](N=[N+]=[N-])C[C@@H]21. The van der Waals surface area contributed by atoms with Crippen molar-refractivity contribution in [3.63, 3.8) is 0 Å². The second-order valence-electron chi connectivity index (χ2n) is 9.99. The number of halogens is 1. The third kappa shape index (κ3) is 4.91. The summed E-state index contributed by atoms with van der Waals surface area (Å²) in [4.78, 5) is 3.03. The number of hydrogen-bond donors (Lipinski definition) is 1. The molecular weight excluding hydrogens is 489 g/mol. The van der Waals surface area contributed by atoms with Gasteiger partial charge in [-0.15, -0.1) is 0 Å². The predicted molar refractivity (Wildman–Crippen MR) is 130 cm³/mol. The van der Waals surface area contributed by atoms with Gasteiger partial charge in [-0.3, -0.25) is 0 Å². The van der Waals surface area contributed by atoms with Crippen LogP contribution in [0.25, 0.3) is 10.4 Å². The van der Waals surface area contributed by atoms with Gasteiger partial charge in [-0.1, -0.05) is 54.0 Å². The molecule has 5 nitrogen and oxygen atoms in total. The predicted octanol–water partition coefficient (Wildman–Crippen LogP) is 7.91. The number of fused-ring (bicyclic) bond motifs is 3. The van der Waals surface area contributed by atoms with Crippen molar-refractivity contribution in [2.75, 3.05) is 0 Å². The molecule has 1 aliphatic heterocycles. The first kappa shape index (κ1) is 23.3. The van der Waals surface area contributed by atoms with Crippen LogP contribution in [0.2, 0.25) is 0 Å². The number of allylic oxidation sites excluding steroid dienone is 1. The molecule has 1 saturated carbocycles. The van der Waals surface area contributed by atoms with Crippen molar-refractivity contribution in [3.05, 3.63) is 43.9 Å². The van der Waals surface area contributed by atoms with Crippen LogP contribution >= 0.6 is 22.6 Å². The lowest BCUT2D eigenvalue weighted by atomic mass is 9.65. The zero-order valence-electron chi connectivity index (χ0n) is 18.6. The molecular formula is C24H34IN3O2. The number of nitrogens with zero attached hydrogens (tertiary/aromatic N) is 3. The number of rotatable bonds is 7. The Hall–Kier alpha value is -1.40. The lowest BCUT2D eigenvalue weighted by Crippen LogP contribution is -2.47. The lowest BCUT2D eigenvalue weighted by Gasteiger charge is -2.49. The zero-order valence-corrected chi connectivity index (χ0v) is 20.7. The first-order valence-corrected chi connectivity index (χ1v) is 12.3. The van der Waals surface area contributed by atoms with E-state index in [4.69, 9.17) is 10.3 Å². The van der Waals surface area contributed by atoms with Crippen LogP contribution in [-0.2, 0) is 5.41 Å². The number of phenolic OH excluding ortho intramolecular Hbond substituents is 1. The van der Waals surface area contributed by atoms with Gasteiger partial charge >= 0.3 is 0 Å². The highest BCUT2D eigenvalue weighted by atomic mass is 127. The fraction of sp³-hybridized carbons (Fsp3) is 0.667. The summed E-state index contributed by atoms with van der Waals surface area (Å²) in [6.45, 7) is 8.79. The molecule has 3 rings (SSSR count). The third-order valence-electron chi connectivity index (χ3n) is 7.09. The van der Waals surface area contributed by atoms with E-state index in [0.29, 0.717) is 11.7 Å². The minimum Gasteiger partial charge on any atom is -0.508 e. The molecule has 1 aliphatic carbocycles. The maximum atomic E-state index is 11.1. The molecule has 2 aliphatic rings. The smallest absolute Gasteiger partial charge is 0.127 e. The van der Waals surface area contributed by atoms with Crippen molar-refractivity contribution >= 4 is 22.6 Å². The summed E-state index contributed by atoms with van der Waals surface area (Å²) >= 11 is 2.26. The second kappa shape index (κ2) is 9.39. The van der Waals surface area contributed by atoms with Gasteiger partial charge in [0.25, 0.3) is 0 Å². The Kier molecular flexibility index (Phi) is 7.28. The summed E-state index contributed by atoms with van der Waals surface area (Å²) < 4.78 is 8.56. The van der Waals surface area contributed by atoms with Crippen LogP contribution in [0.4, 0.5) is 0 Å². The molecule has 1 aromatic rings. The average molecular weight is 523 g/mol. The molecule has 0 unspecified atom stereocenters. The normalized spacial score (nSPS) is 25.2. The Labute approximate surface area is 194 Å². The molecule has 1 fully saturated rings. The number of unbranched alkanes of at least 4 members (excludes halogenated alkanes) is 2. The summed E-state index contributed by atoms with van der Waals surface area (Å²) in [6.07, 6.45) is 9.30. The first-order valence-electron chi connectivity index (χ1n) is 11.1. The molecule has 1 heterocycles. The first-order chi connectivity index (χ1) is 14.2. The zero-order chi connectivity index (χ0) is 21.9. The van der Waals surface area contributed by atoms with Gasteiger partial charge in [0.05, 0.1) is 0 Å². The van der Waals surface area contributed by atoms with Gasteiger partial charge in [0, 0.05) is 22.4 Å². The summed E-state index contributed by atoms with van der Waals surface area (Å²) in [5, 5.41) is 15.1. The summed E-state index contributed by atoms with van der Waals surface area (Å²) in [5.41, 5.74) is 10.6. The molecule has 6 heteroatoms.